The smallest absolute Gasteiger partial charge is 0.247 e. The van der Waals surface area contributed by atoms with Gasteiger partial charge in [0.1, 0.15) is 23.1 Å². The number of methoxy groups -OCH3 is 1. The fraction of sp³-hybridized carbons (Fsp3) is 0.211. The summed E-state index contributed by atoms with van der Waals surface area (Å²) in [6, 6.07) is 5.52. The predicted molar refractivity (Wildman–Crippen MR) is 94.5 cm³/mol. The maximum absolute atomic E-state index is 5.94. The molecule has 0 saturated heterocycles. The highest BCUT2D eigenvalue weighted by Crippen LogP contribution is 2.28. The topological polar surface area (TPSA) is 79.5 Å². The molecule has 0 spiro atoms. The Hall–Kier alpha value is -3.35. The number of pyridine rings is 2. The van der Waals surface area contributed by atoms with Crippen molar-refractivity contribution in [3.63, 3.8) is 0 Å². The van der Waals surface area contributed by atoms with Crippen LogP contribution in [0.2, 0.25) is 0 Å². The van der Waals surface area contributed by atoms with Gasteiger partial charge in [-0.05, 0) is 25.1 Å². The minimum Gasteiger partial charge on any atom is -0.495 e. The minimum atomic E-state index is -0.244. The molecule has 0 aromatic carbocycles. The van der Waals surface area contributed by atoms with E-state index in [0.717, 1.165) is 11.3 Å². The van der Waals surface area contributed by atoms with E-state index in [1.807, 2.05) is 25.1 Å². The summed E-state index contributed by atoms with van der Waals surface area (Å²) in [6.07, 6.45) is 8.89. The Labute approximate surface area is 149 Å². The maximum Gasteiger partial charge on any atom is 0.247 e. The van der Waals surface area contributed by atoms with Crippen LogP contribution in [0.1, 0.15) is 31.0 Å². The summed E-state index contributed by atoms with van der Waals surface area (Å²) >= 11 is 0. The van der Waals surface area contributed by atoms with E-state index < -0.39 is 0 Å². The van der Waals surface area contributed by atoms with E-state index in [4.69, 9.17) is 18.6 Å². The molecule has 0 fully saturated rings. The highest BCUT2D eigenvalue weighted by atomic mass is 16.5. The van der Waals surface area contributed by atoms with Crippen LogP contribution in [-0.4, -0.2) is 22.1 Å². The average molecular weight is 351 g/mol. The molecule has 4 heterocycles. The molecule has 0 saturated carbocycles. The monoisotopic (exact) mass is 351 g/mol. The second-order valence-electron chi connectivity index (χ2n) is 5.75. The van der Waals surface area contributed by atoms with Gasteiger partial charge in [-0.1, -0.05) is 0 Å². The zero-order valence-corrected chi connectivity index (χ0v) is 14.4. The van der Waals surface area contributed by atoms with Gasteiger partial charge in [0.15, 0.2) is 0 Å². The third-order valence-corrected chi connectivity index (χ3v) is 3.94. The molecule has 0 radical (unpaired) electrons. The first-order valence-electron chi connectivity index (χ1n) is 8.16. The highest BCUT2D eigenvalue weighted by molar-refractivity contribution is 5.73. The van der Waals surface area contributed by atoms with Crippen LogP contribution in [-0.2, 0) is 4.74 Å². The molecule has 26 heavy (non-hydrogen) atoms. The normalized spacial score (nSPS) is 14.6. The number of fused-ring (bicyclic) bond motifs is 1. The molecule has 7 heteroatoms. The number of allylic oxidation sites excluding steroid dienone is 2. The summed E-state index contributed by atoms with van der Waals surface area (Å²) in [5, 5.41) is 0. The van der Waals surface area contributed by atoms with Crippen molar-refractivity contribution in [1.82, 2.24) is 15.0 Å². The second kappa shape index (κ2) is 6.87. The predicted octanol–water partition coefficient (Wildman–Crippen LogP) is 4.04. The molecule has 1 aliphatic rings. The minimum absolute atomic E-state index is 0.244. The summed E-state index contributed by atoms with van der Waals surface area (Å²) in [4.78, 5) is 13.1. The van der Waals surface area contributed by atoms with Crippen molar-refractivity contribution >= 4 is 16.8 Å². The third-order valence-electron chi connectivity index (χ3n) is 3.94. The molecule has 1 unspecified atom stereocenters. The SMILES string of the molecule is COc1ccc(C(C)Oc2cnc3oc(C4=COC=CC4)nc3c2)nc1. The molecule has 4 rings (SSSR count). The second-order valence-corrected chi connectivity index (χ2v) is 5.75. The lowest BCUT2D eigenvalue weighted by Crippen LogP contribution is -2.05. The molecule has 0 N–H and O–H groups in total. The van der Waals surface area contributed by atoms with Crippen molar-refractivity contribution in [1.29, 1.82) is 0 Å². The van der Waals surface area contributed by atoms with E-state index >= 15 is 0 Å². The molecule has 3 aromatic heterocycles. The Morgan fingerprint density at radius 3 is 2.77 bits per heavy atom. The van der Waals surface area contributed by atoms with Crippen LogP contribution in [0.4, 0.5) is 0 Å². The number of hydrogen-bond donors (Lipinski definition) is 0. The molecule has 132 valence electrons. The van der Waals surface area contributed by atoms with Crippen LogP contribution in [0.25, 0.3) is 16.8 Å². The van der Waals surface area contributed by atoms with Crippen LogP contribution >= 0.6 is 0 Å². The Balaban J connectivity index is 1.53. The molecule has 0 amide bonds. The zero-order valence-electron chi connectivity index (χ0n) is 14.4. The van der Waals surface area contributed by atoms with E-state index in [0.29, 0.717) is 35.0 Å². The van der Waals surface area contributed by atoms with Crippen molar-refractivity contribution in [2.75, 3.05) is 7.11 Å². The van der Waals surface area contributed by atoms with Gasteiger partial charge >= 0.3 is 0 Å². The molecule has 1 atom stereocenters. The van der Waals surface area contributed by atoms with E-state index in [1.165, 1.54) is 0 Å². The van der Waals surface area contributed by atoms with E-state index in [1.54, 1.807) is 38.1 Å². The largest absolute Gasteiger partial charge is 0.495 e. The average Bonchev–Trinajstić information content (AvgIpc) is 3.12. The molecule has 3 aromatic rings. The van der Waals surface area contributed by atoms with Crippen molar-refractivity contribution in [2.24, 2.45) is 0 Å². The zero-order chi connectivity index (χ0) is 17.9. The summed E-state index contributed by atoms with van der Waals surface area (Å²) in [6.45, 7) is 1.92. The Kier molecular flexibility index (Phi) is 4.27. The van der Waals surface area contributed by atoms with Crippen LogP contribution < -0.4 is 9.47 Å². The van der Waals surface area contributed by atoms with Gasteiger partial charge in [0, 0.05) is 12.5 Å². The first-order chi connectivity index (χ1) is 12.7. The Bertz CT molecular complexity index is 976. The summed E-state index contributed by atoms with van der Waals surface area (Å²) in [7, 11) is 1.61. The molecule has 0 aliphatic carbocycles. The fourth-order valence-corrected chi connectivity index (χ4v) is 2.56. The third kappa shape index (κ3) is 3.23. The van der Waals surface area contributed by atoms with E-state index in [9.17, 15) is 0 Å². The summed E-state index contributed by atoms with van der Waals surface area (Å²) in [5.74, 6) is 1.80. The number of nitrogens with zero attached hydrogens (tertiary/aromatic N) is 3. The van der Waals surface area contributed by atoms with Gasteiger partial charge in [0.2, 0.25) is 11.6 Å². The number of ether oxygens (including phenoxy) is 3. The van der Waals surface area contributed by atoms with Crippen LogP contribution in [0.3, 0.4) is 0 Å². The first-order valence-corrected chi connectivity index (χ1v) is 8.16. The molecular weight excluding hydrogens is 334 g/mol. The molecule has 0 bridgehead atoms. The molecular formula is C19H17N3O4. The number of aromatic nitrogens is 3. The first kappa shape index (κ1) is 16.1. The fourth-order valence-electron chi connectivity index (χ4n) is 2.56. The van der Waals surface area contributed by atoms with Gasteiger partial charge in [-0.3, -0.25) is 4.98 Å². The van der Waals surface area contributed by atoms with Gasteiger partial charge in [-0.25, -0.2) is 9.97 Å². The summed E-state index contributed by atoms with van der Waals surface area (Å²) in [5.41, 5.74) is 2.74. The van der Waals surface area contributed by atoms with E-state index in [2.05, 4.69) is 15.0 Å². The van der Waals surface area contributed by atoms with Gasteiger partial charge < -0.3 is 18.6 Å². The van der Waals surface area contributed by atoms with Gasteiger partial charge in [0.05, 0.1) is 43.3 Å². The maximum atomic E-state index is 5.94. The van der Waals surface area contributed by atoms with Gasteiger partial charge in [-0.2, -0.15) is 0 Å². The highest BCUT2D eigenvalue weighted by Gasteiger charge is 2.15. The lowest BCUT2D eigenvalue weighted by Gasteiger charge is -2.14. The number of oxazole rings is 1. The van der Waals surface area contributed by atoms with E-state index in [-0.39, 0.29) is 6.10 Å². The quantitative estimate of drug-likeness (QED) is 0.686. The van der Waals surface area contributed by atoms with Gasteiger partial charge in [0.25, 0.3) is 0 Å². The number of rotatable bonds is 5. The lowest BCUT2D eigenvalue weighted by molar-refractivity contribution is 0.221. The molecule has 7 nitrogen and oxygen atoms in total. The van der Waals surface area contributed by atoms with Crippen molar-refractivity contribution in [3.8, 4) is 11.5 Å². The number of hydrogen-bond acceptors (Lipinski definition) is 7. The summed E-state index contributed by atoms with van der Waals surface area (Å²) < 4.78 is 21.9. The van der Waals surface area contributed by atoms with Crippen molar-refractivity contribution < 1.29 is 18.6 Å². The Morgan fingerprint density at radius 2 is 2.04 bits per heavy atom. The molecule has 1 aliphatic heterocycles. The van der Waals surface area contributed by atoms with Crippen LogP contribution in [0.15, 0.2) is 53.6 Å². The van der Waals surface area contributed by atoms with Crippen LogP contribution in [0.5, 0.6) is 11.5 Å². The standard InChI is InChI=1S/C19H17N3O4/c1-12(16-6-5-14(23-2)9-20-16)25-15-8-17-19(21-10-15)26-18(22-17)13-4-3-7-24-11-13/h3,5-12H,4H2,1-2H3. The van der Waals surface area contributed by atoms with Crippen molar-refractivity contribution in [2.45, 2.75) is 19.4 Å². The Morgan fingerprint density at radius 1 is 1.15 bits per heavy atom. The van der Waals surface area contributed by atoms with Crippen molar-refractivity contribution in [3.05, 3.63) is 60.8 Å². The lowest BCUT2D eigenvalue weighted by atomic mass is 10.2. The van der Waals surface area contributed by atoms with Crippen LogP contribution in [0, 0.1) is 0 Å². The van der Waals surface area contributed by atoms with Gasteiger partial charge in [-0.15, -0.1) is 0 Å².